The Morgan fingerprint density at radius 3 is 2.46 bits per heavy atom. The summed E-state index contributed by atoms with van der Waals surface area (Å²) in [4.78, 5) is 0.338. The number of aromatic nitrogens is 1. The Morgan fingerprint density at radius 2 is 1.71 bits per heavy atom. The highest BCUT2D eigenvalue weighted by Gasteiger charge is 2.32. The fourth-order valence-electron chi connectivity index (χ4n) is 5.14. The molecule has 2 heterocycles. The van der Waals surface area contributed by atoms with Gasteiger partial charge >= 0.3 is 0 Å². The molecule has 0 saturated carbocycles. The number of halogens is 2. The zero-order chi connectivity index (χ0) is 24.7. The van der Waals surface area contributed by atoms with E-state index in [9.17, 15) is 12.8 Å². The second kappa shape index (κ2) is 9.41. The molecule has 1 aliphatic rings. The lowest BCUT2D eigenvalue weighted by atomic mass is 9.90. The van der Waals surface area contributed by atoms with Crippen LogP contribution in [0.2, 0.25) is 5.02 Å². The molecule has 1 aliphatic heterocycles. The van der Waals surface area contributed by atoms with E-state index in [4.69, 9.17) is 11.6 Å². The van der Waals surface area contributed by atoms with Gasteiger partial charge in [-0.3, -0.25) is 0 Å². The molecule has 182 valence electrons. The molecule has 0 amide bonds. The van der Waals surface area contributed by atoms with Gasteiger partial charge in [-0.1, -0.05) is 41.9 Å². The fourth-order valence-corrected chi connectivity index (χ4v) is 7.12. The molecule has 0 N–H and O–H groups in total. The molecular formula is C28H28ClFN2O2S. The summed E-state index contributed by atoms with van der Waals surface area (Å²) in [6.07, 6.45) is 3.66. The van der Waals surface area contributed by atoms with Crippen LogP contribution in [0.4, 0.5) is 4.39 Å². The normalized spacial score (nSPS) is 15.7. The minimum atomic E-state index is -3.59. The molecule has 1 saturated heterocycles. The van der Waals surface area contributed by atoms with Gasteiger partial charge in [0.25, 0.3) is 0 Å². The first-order chi connectivity index (χ1) is 16.7. The van der Waals surface area contributed by atoms with Crippen LogP contribution in [0.5, 0.6) is 0 Å². The number of nitrogens with zero attached hydrogens (tertiary/aromatic N) is 2. The third-order valence-corrected chi connectivity index (χ3v) is 9.48. The van der Waals surface area contributed by atoms with Gasteiger partial charge in [-0.25, -0.2) is 12.8 Å². The number of aryl methyl sites for hydroxylation is 2. The Kier molecular flexibility index (Phi) is 6.47. The summed E-state index contributed by atoms with van der Waals surface area (Å²) in [5, 5.41) is 1.75. The quantitative estimate of drug-likeness (QED) is 0.301. The topological polar surface area (TPSA) is 42.3 Å². The monoisotopic (exact) mass is 510 g/mol. The van der Waals surface area contributed by atoms with Crippen molar-refractivity contribution in [2.45, 2.75) is 44.0 Å². The van der Waals surface area contributed by atoms with E-state index >= 15 is 0 Å². The molecule has 0 bridgehead atoms. The minimum Gasteiger partial charge on any atom is -0.343 e. The van der Waals surface area contributed by atoms with Gasteiger partial charge in [0, 0.05) is 41.8 Å². The van der Waals surface area contributed by atoms with Crippen LogP contribution in [0, 0.1) is 19.7 Å². The minimum absolute atomic E-state index is 0.237. The molecule has 0 unspecified atom stereocenters. The van der Waals surface area contributed by atoms with Gasteiger partial charge in [-0.05, 0) is 85.2 Å². The summed E-state index contributed by atoms with van der Waals surface area (Å²) in [5.74, 6) is 0.0204. The predicted octanol–water partition coefficient (Wildman–Crippen LogP) is 6.67. The summed E-state index contributed by atoms with van der Waals surface area (Å²) < 4.78 is 44.3. The largest absolute Gasteiger partial charge is 0.343 e. The number of fused-ring (bicyclic) bond motifs is 1. The first-order valence-corrected chi connectivity index (χ1v) is 13.6. The van der Waals surface area contributed by atoms with E-state index in [0.29, 0.717) is 35.1 Å². The molecule has 4 aromatic rings. The Hall–Kier alpha value is -2.67. The highest BCUT2D eigenvalue weighted by Crippen LogP contribution is 2.37. The van der Waals surface area contributed by atoms with Crippen LogP contribution in [0.1, 0.15) is 41.0 Å². The third-order valence-electron chi connectivity index (χ3n) is 7.03. The fraction of sp³-hybridized carbons (Fsp3) is 0.286. The molecule has 1 fully saturated rings. The molecule has 5 rings (SSSR count). The van der Waals surface area contributed by atoms with Crippen molar-refractivity contribution in [2.75, 3.05) is 13.1 Å². The van der Waals surface area contributed by atoms with E-state index in [1.807, 2.05) is 25.1 Å². The standard InChI is InChI=1S/C28H28ClFN2O2S/c1-19-15-28(20(2)14-26(19)29)35(33,34)32-12-10-22(11-13-32)25-18-31(27-9-4-3-8-24(25)27)17-21-6-5-7-23(30)16-21/h3-9,14-16,18,22H,10-13,17H2,1-2H3. The SMILES string of the molecule is Cc1cc(S(=O)(=O)N2CCC(c3cn(Cc4cccc(F)c4)c4ccccc34)CC2)c(C)cc1Cl. The van der Waals surface area contributed by atoms with Gasteiger partial charge in [-0.2, -0.15) is 4.31 Å². The van der Waals surface area contributed by atoms with E-state index in [1.54, 1.807) is 35.5 Å². The van der Waals surface area contributed by atoms with E-state index in [2.05, 4.69) is 22.9 Å². The van der Waals surface area contributed by atoms with E-state index in [0.717, 1.165) is 29.5 Å². The van der Waals surface area contributed by atoms with Crippen molar-refractivity contribution in [2.24, 2.45) is 0 Å². The van der Waals surface area contributed by atoms with Crippen molar-refractivity contribution in [3.05, 3.63) is 100.0 Å². The van der Waals surface area contributed by atoms with Crippen LogP contribution in [-0.2, 0) is 16.6 Å². The maximum absolute atomic E-state index is 13.7. The molecule has 35 heavy (non-hydrogen) atoms. The summed E-state index contributed by atoms with van der Waals surface area (Å²) in [6.45, 7) is 5.14. The molecule has 7 heteroatoms. The second-order valence-corrected chi connectivity index (χ2v) is 11.7. The summed E-state index contributed by atoms with van der Waals surface area (Å²) >= 11 is 6.19. The number of benzene rings is 3. The number of hydrogen-bond donors (Lipinski definition) is 0. The lowest BCUT2D eigenvalue weighted by Crippen LogP contribution is -2.38. The Labute approximate surface area is 211 Å². The number of rotatable bonds is 5. The van der Waals surface area contributed by atoms with Crippen molar-refractivity contribution in [3.63, 3.8) is 0 Å². The van der Waals surface area contributed by atoms with E-state index in [-0.39, 0.29) is 11.7 Å². The van der Waals surface area contributed by atoms with Crippen LogP contribution in [-0.4, -0.2) is 30.4 Å². The Balaban J connectivity index is 1.39. The zero-order valence-electron chi connectivity index (χ0n) is 19.8. The molecular weight excluding hydrogens is 483 g/mol. The summed E-state index contributed by atoms with van der Waals surface area (Å²) in [6, 6.07) is 18.3. The first kappa shape index (κ1) is 24.0. The molecule has 1 aromatic heterocycles. The first-order valence-electron chi connectivity index (χ1n) is 11.8. The number of piperidine rings is 1. The smallest absolute Gasteiger partial charge is 0.243 e. The molecule has 0 atom stereocenters. The molecule has 0 spiro atoms. The van der Waals surface area contributed by atoms with Crippen LogP contribution in [0.3, 0.4) is 0 Å². The van der Waals surface area contributed by atoms with Crippen LogP contribution >= 0.6 is 11.6 Å². The van der Waals surface area contributed by atoms with E-state index < -0.39 is 10.0 Å². The van der Waals surface area contributed by atoms with E-state index in [1.165, 1.54) is 17.0 Å². The Bertz CT molecular complexity index is 1500. The van der Waals surface area contributed by atoms with Crippen molar-refractivity contribution in [3.8, 4) is 0 Å². The zero-order valence-corrected chi connectivity index (χ0v) is 21.4. The Morgan fingerprint density at radius 1 is 0.971 bits per heavy atom. The maximum atomic E-state index is 13.7. The lowest BCUT2D eigenvalue weighted by molar-refractivity contribution is 0.320. The average molecular weight is 511 g/mol. The van der Waals surface area contributed by atoms with Gasteiger partial charge in [0.1, 0.15) is 5.82 Å². The highest BCUT2D eigenvalue weighted by atomic mass is 35.5. The summed E-state index contributed by atoms with van der Waals surface area (Å²) in [5.41, 5.74) is 4.67. The lowest BCUT2D eigenvalue weighted by Gasteiger charge is -2.31. The third kappa shape index (κ3) is 4.63. The molecule has 0 aliphatic carbocycles. The average Bonchev–Trinajstić information content (AvgIpc) is 3.20. The van der Waals surface area contributed by atoms with Crippen LogP contribution in [0.25, 0.3) is 10.9 Å². The van der Waals surface area contributed by atoms with Crippen LogP contribution in [0.15, 0.2) is 71.8 Å². The van der Waals surface area contributed by atoms with Crippen molar-refractivity contribution < 1.29 is 12.8 Å². The van der Waals surface area contributed by atoms with Gasteiger partial charge < -0.3 is 4.57 Å². The van der Waals surface area contributed by atoms with Gasteiger partial charge in [-0.15, -0.1) is 0 Å². The maximum Gasteiger partial charge on any atom is 0.243 e. The van der Waals surface area contributed by atoms with Gasteiger partial charge in [0.2, 0.25) is 10.0 Å². The van der Waals surface area contributed by atoms with Gasteiger partial charge in [0.15, 0.2) is 0 Å². The van der Waals surface area contributed by atoms with Crippen molar-refractivity contribution in [1.82, 2.24) is 8.87 Å². The van der Waals surface area contributed by atoms with Crippen molar-refractivity contribution >= 4 is 32.5 Å². The predicted molar refractivity (Wildman–Crippen MR) is 139 cm³/mol. The number of sulfonamides is 1. The number of hydrogen-bond acceptors (Lipinski definition) is 2. The molecule has 0 radical (unpaired) electrons. The second-order valence-electron chi connectivity index (χ2n) is 9.40. The molecule has 3 aromatic carbocycles. The van der Waals surface area contributed by atoms with Gasteiger partial charge in [0.05, 0.1) is 4.90 Å². The molecule has 4 nitrogen and oxygen atoms in total. The highest BCUT2D eigenvalue weighted by molar-refractivity contribution is 7.89. The van der Waals surface area contributed by atoms with Crippen LogP contribution < -0.4 is 0 Å². The number of para-hydroxylation sites is 1. The summed E-state index contributed by atoms with van der Waals surface area (Å²) in [7, 11) is -3.59. The van der Waals surface area contributed by atoms with Crippen molar-refractivity contribution in [1.29, 1.82) is 0 Å².